The predicted molar refractivity (Wildman–Crippen MR) is 106 cm³/mol. The Labute approximate surface area is 161 Å². The Hall–Kier alpha value is -3.12. The molecule has 0 saturated heterocycles. The molecule has 0 aliphatic carbocycles. The lowest BCUT2D eigenvalue weighted by Gasteiger charge is -2.17. The first-order chi connectivity index (χ1) is 13.1. The minimum Gasteiger partial charge on any atom is -0.351 e. The predicted octanol–water partition coefficient (Wildman–Crippen LogP) is 4.74. The van der Waals surface area contributed by atoms with Crippen LogP contribution in [0, 0.1) is 10.1 Å². The summed E-state index contributed by atoms with van der Waals surface area (Å²) < 4.78 is 0. The van der Waals surface area contributed by atoms with Gasteiger partial charge in [-0.25, -0.2) is 0 Å². The molecule has 0 aromatic heterocycles. The van der Waals surface area contributed by atoms with E-state index in [1.807, 2.05) is 60.7 Å². The minimum absolute atomic E-state index is 0.0341. The molecule has 3 aromatic rings. The first-order valence-electron chi connectivity index (χ1n) is 8.41. The molecule has 27 heavy (non-hydrogen) atoms. The maximum absolute atomic E-state index is 12.9. The molecule has 3 rings (SSSR count). The number of non-ortho nitro benzene ring substituents is 1. The minimum atomic E-state index is -0.440. The number of amides is 1. The number of nitro groups is 1. The van der Waals surface area contributed by atoms with Crippen LogP contribution in [0.2, 0.25) is 0 Å². The summed E-state index contributed by atoms with van der Waals surface area (Å²) in [4.78, 5) is 24.2. The number of carbonyl (C=O) groups is 1. The largest absolute Gasteiger partial charge is 0.351 e. The van der Waals surface area contributed by atoms with E-state index < -0.39 is 4.92 Å². The van der Waals surface area contributed by atoms with E-state index in [2.05, 4.69) is 5.32 Å². The first-order valence-corrected chi connectivity index (χ1v) is 9.29. The van der Waals surface area contributed by atoms with E-state index >= 15 is 0 Å². The zero-order valence-electron chi connectivity index (χ0n) is 14.4. The van der Waals surface area contributed by atoms with Crippen LogP contribution in [0.1, 0.15) is 16.4 Å². The molecular formula is C21H18N2O3S. The molecule has 0 radical (unpaired) electrons. The number of benzene rings is 3. The van der Waals surface area contributed by atoms with Gasteiger partial charge in [0.1, 0.15) is 5.25 Å². The second-order valence-electron chi connectivity index (χ2n) is 5.86. The van der Waals surface area contributed by atoms with E-state index in [4.69, 9.17) is 0 Å². The van der Waals surface area contributed by atoms with Crippen LogP contribution in [0.3, 0.4) is 0 Å². The molecule has 0 saturated carbocycles. The summed E-state index contributed by atoms with van der Waals surface area (Å²) in [7, 11) is 0. The SMILES string of the molecule is O=C(NCc1ccc([N+](=O)[O-])cc1)C(Sc1ccccc1)c1ccccc1. The van der Waals surface area contributed by atoms with Crippen molar-refractivity contribution in [3.05, 3.63) is 106 Å². The Balaban J connectivity index is 1.71. The van der Waals surface area contributed by atoms with Crippen LogP contribution in [-0.4, -0.2) is 10.8 Å². The van der Waals surface area contributed by atoms with Crippen molar-refractivity contribution in [3.8, 4) is 0 Å². The van der Waals surface area contributed by atoms with Crippen molar-refractivity contribution in [2.75, 3.05) is 0 Å². The molecule has 0 fully saturated rings. The maximum atomic E-state index is 12.9. The normalized spacial score (nSPS) is 11.6. The molecule has 1 N–H and O–H groups in total. The van der Waals surface area contributed by atoms with Crippen LogP contribution < -0.4 is 5.32 Å². The number of nitrogens with zero attached hydrogens (tertiary/aromatic N) is 1. The summed E-state index contributed by atoms with van der Waals surface area (Å²) in [6, 6.07) is 25.6. The molecular weight excluding hydrogens is 360 g/mol. The lowest BCUT2D eigenvalue weighted by atomic mass is 10.1. The molecule has 5 nitrogen and oxygen atoms in total. The van der Waals surface area contributed by atoms with Gasteiger partial charge in [-0.1, -0.05) is 60.7 Å². The third-order valence-corrected chi connectivity index (χ3v) is 5.22. The summed E-state index contributed by atoms with van der Waals surface area (Å²) in [6.07, 6.45) is 0. The zero-order chi connectivity index (χ0) is 19.1. The lowest BCUT2D eigenvalue weighted by molar-refractivity contribution is -0.384. The number of rotatable bonds is 7. The quantitative estimate of drug-likeness (QED) is 0.366. The van der Waals surface area contributed by atoms with Crippen LogP contribution >= 0.6 is 11.8 Å². The molecule has 0 aliphatic rings. The van der Waals surface area contributed by atoms with E-state index in [1.165, 1.54) is 23.9 Å². The van der Waals surface area contributed by atoms with Crippen molar-refractivity contribution in [1.29, 1.82) is 0 Å². The van der Waals surface area contributed by atoms with Gasteiger partial charge >= 0.3 is 0 Å². The number of nitro benzene ring substituents is 1. The highest BCUT2D eigenvalue weighted by Crippen LogP contribution is 2.35. The van der Waals surface area contributed by atoms with Crippen molar-refractivity contribution in [3.63, 3.8) is 0 Å². The van der Waals surface area contributed by atoms with Crippen LogP contribution in [0.4, 0.5) is 5.69 Å². The third-order valence-electron chi connectivity index (χ3n) is 3.95. The molecule has 1 unspecified atom stereocenters. The maximum Gasteiger partial charge on any atom is 0.269 e. The van der Waals surface area contributed by atoms with Gasteiger partial charge < -0.3 is 5.32 Å². The number of carbonyl (C=O) groups excluding carboxylic acids is 1. The first kappa shape index (κ1) is 18.7. The van der Waals surface area contributed by atoms with Crippen molar-refractivity contribution in [1.82, 2.24) is 5.32 Å². The Morgan fingerprint density at radius 2 is 1.52 bits per heavy atom. The van der Waals surface area contributed by atoms with Crippen molar-refractivity contribution in [2.45, 2.75) is 16.7 Å². The van der Waals surface area contributed by atoms with Gasteiger partial charge in [0, 0.05) is 23.6 Å². The molecule has 0 aliphatic heterocycles. The molecule has 1 amide bonds. The van der Waals surface area contributed by atoms with Gasteiger partial charge in [-0.2, -0.15) is 0 Å². The highest BCUT2D eigenvalue weighted by atomic mass is 32.2. The van der Waals surface area contributed by atoms with E-state index in [1.54, 1.807) is 12.1 Å². The van der Waals surface area contributed by atoms with Crippen LogP contribution in [-0.2, 0) is 11.3 Å². The Kier molecular flexibility index (Phi) is 6.22. The van der Waals surface area contributed by atoms with Gasteiger partial charge in [-0.3, -0.25) is 14.9 Å². The summed E-state index contributed by atoms with van der Waals surface area (Å²) >= 11 is 1.49. The van der Waals surface area contributed by atoms with Crippen LogP contribution in [0.15, 0.2) is 89.8 Å². The van der Waals surface area contributed by atoms with Gasteiger partial charge in [0.15, 0.2) is 0 Å². The Morgan fingerprint density at radius 3 is 2.11 bits per heavy atom. The molecule has 0 spiro atoms. The fourth-order valence-electron chi connectivity index (χ4n) is 2.55. The van der Waals surface area contributed by atoms with Crippen molar-refractivity contribution in [2.24, 2.45) is 0 Å². The molecule has 3 aromatic carbocycles. The monoisotopic (exact) mass is 378 g/mol. The summed E-state index contributed by atoms with van der Waals surface area (Å²) in [5.74, 6) is -0.103. The van der Waals surface area contributed by atoms with Crippen molar-refractivity contribution >= 4 is 23.4 Å². The number of hydrogen-bond acceptors (Lipinski definition) is 4. The smallest absolute Gasteiger partial charge is 0.269 e. The fourth-order valence-corrected chi connectivity index (χ4v) is 3.62. The van der Waals surface area contributed by atoms with Crippen LogP contribution in [0.25, 0.3) is 0 Å². The van der Waals surface area contributed by atoms with Crippen LogP contribution in [0.5, 0.6) is 0 Å². The van der Waals surface area contributed by atoms with E-state index in [0.717, 1.165) is 16.0 Å². The third kappa shape index (κ3) is 5.18. The highest BCUT2D eigenvalue weighted by molar-refractivity contribution is 8.00. The van der Waals surface area contributed by atoms with Crippen molar-refractivity contribution < 1.29 is 9.72 Å². The van der Waals surface area contributed by atoms with E-state index in [-0.39, 0.29) is 16.8 Å². The number of thioether (sulfide) groups is 1. The van der Waals surface area contributed by atoms with Gasteiger partial charge in [0.2, 0.25) is 5.91 Å². The summed E-state index contributed by atoms with van der Waals surface area (Å²) in [5.41, 5.74) is 1.77. The average molecular weight is 378 g/mol. The topological polar surface area (TPSA) is 72.2 Å². The Morgan fingerprint density at radius 1 is 0.926 bits per heavy atom. The number of hydrogen-bond donors (Lipinski definition) is 1. The summed E-state index contributed by atoms with van der Waals surface area (Å²) in [6.45, 7) is 0.315. The molecule has 0 bridgehead atoms. The van der Waals surface area contributed by atoms with Gasteiger partial charge in [0.05, 0.1) is 4.92 Å². The van der Waals surface area contributed by atoms with Gasteiger partial charge in [0.25, 0.3) is 5.69 Å². The summed E-state index contributed by atoms with van der Waals surface area (Å²) in [5, 5.41) is 13.3. The van der Waals surface area contributed by atoms with E-state index in [0.29, 0.717) is 6.54 Å². The zero-order valence-corrected chi connectivity index (χ0v) is 15.3. The van der Waals surface area contributed by atoms with Gasteiger partial charge in [-0.05, 0) is 23.3 Å². The molecule has 1 atom stereocenters. The number of nitrogens with one attached hydrogen (secondary N) is 1. The standard InChI is InChI=1S/C21H18N2O3S/c24-21(22-15-16-11-13-18(14-12-16)23(25)26)20(17-7-3-1-4-8-17)27-19-9-5-2-6-10-19/h1-14,20H,15H2,(H,22,24). The Bertz CT molecular complexity index is 900. The highest BCUT2D eigenvalue weighted by Gasteiger charge is 2.21. The average Bonchev–Trinajstić information content (AvgIpc) is 2.72. The molecule has 6 heteroatoms. The molecule has 136 valence electrons. The van der Waals surface area contributed by atoms with Gasteiger partial charge in [-0.15, -0.1) is 11.8 Å². The second kappa shape index (κ2) is 9.00. The second-order valence-corrected chi connectivity index (χ2v) is 7.04. The van der Waals surface area contributed by atoms with E-state index in [9.17, 15) is 14.9 Å². The fraction of sp³-hybridized carbons (Fsp3) is 0.0952. The molecule has 0 heterocycles. The lowest BCUT2D eigenvalue weighted by Crippen LogP contribution is -2.27.